The lowest BCUT2D eigenvalue weighted by atomic mass is 9.94. The molecule has 2 aromatic rings. The minimum Gasteiger partial charge on any atom is -0.378 e. The first-order valence-electron chi connectivity index (χ1n) is 12.9. The molecule has 0 saturated carbocycles. The predicted molar refractivity (Wildman–Crippen MR) is 135 cm³/mol. The van der Waals surface area contributed by atoms with Gasteiger partial charge < -0.3 is 19.9 Å². The summed E-state index contributed by atoms with van der Waals surface area (Å²) in [6.07, 6.45) is -4.23. The summed E-state index contributed by atoms with van der Waals surface area (Å²) in [5.74, 6) is -0.625. The van der Waals surface area contributed by atoms with Gasteiger partial charge in [0.1, 0.15) is 6.04 Å². The Hall–Kier alpha value is -3.86. The topological polar surface area (TPSA) is 82.2 Å². The number of hydrogen-bond donors (Lipinski definition) is 1. The van der Waals surface area contributed by atoms with E-state index in [1.807, 2.05) is 30.3 Å². The van der Waals surface area contributed by atoms with E-state index in [1.54, 1.807) is 11.8 Å². The van der Waals surface area contributed by atoms with Crippen LogP contribution in [0.5, 0.6) is 0 Å². The number of urea groups is 1. The summed E-state index contributed by atoms with van der Waals surface area (Å²) >= 11 is 0. The van der Waals surface area contributed by atoms with Gasteiger partial charge in [0, 0.05) is 26.1 Å². The lowest BCUT2D eigenvalue weighted by molar-refractivity contribution is -0.145. The van der Waals surface area contributed by atoms with E-state index in [4.69, 9.17) is 4.74 Å². The first-order valence-corrected chi connectivity index (χ1v) is 12.9. The molecular formula is C28H29F3N4O4. The van der Waals surface area contributed by atoms with Crippen LogP contribution in [0.15, 0.2) is 65.9 Å². The Morgan fingerprint density at radius 3 is 2.33 bits per heavy atom. The van der Waals surface area contributed by atoms with Gasteiger partial charge in [0.15, 0.2) is 0 Å². The monoisotopic (exact) mass is 542 g/mol. The molecule has 5 rings (SSSR count). The van der Waals surface area contributed by atoms with E-state index in [0.29, 0.717) is 37.6 Å². The van der Waals surface area contributed by atoms with Crippen molar-refractivity contribution in [1.82, 2.24) is 20.0 Å². The Morgan fingerprint density at radius 2 is 1.72 bits per heavy atom. The summed E-state index contributed by atoms with van der Waals surface area (Å²) in [5, 5.41) is 2.78. The molecular weight excluding hydrogens is 513 g/mol. The van der Waals surface area contributed by atoms with Crippen LogP contribution in [-0.4, -0.2) is 78.0 Å². The van der Waals surface area contributed by atoms with Gasteiger partial charge in [0.05, 0.1) is 42.6 Å². The van der Waals surface area contributed by atoms with Gasteiger partial charge in [-0.3, -0.25) is 14.5 Å². The number of morpholine rings is 1. The van der Waals surface area contributed by atoms with Crippen LogP contribution in [0.25, 0.3) is 0 Å². The number of nitrogens with one attached hydrogen (secondary N) is 1. The third-order valence-electron chi connectivity index (χ3n) is 7.39. The summed E-state index contributed by atoms with van der Waals surface area (Å²) in [7, 11) is 0. The van der Waals surface area contributed by atoms with Crippen molar-refractivity contribution in [2.75, 3.05) is 39.4 Å². The van der Waals surface area contributed by atoms with Crippen molar-refractivity contribution < 1.29 is 32.3 Å². The number of amides is 4. The van der Waals surface area contributed by atoms with E-state index in [-0.39, 0.29) is 31.0 Å². The lowest BCUT2D eigenvalue weighted by Crippen LogP contribution is -2.53. The van der Waals surface area contributed by atoms with Crippen LogP contribution >= 0.6 is 0 Å². The van der Waals surface area contributed by atoms with Gasteiger partial charge in [0.25, 0.3) is 5.91 Å². The highest BCUT2D eigenvalue weighted by atomic mass is 19.4. The van der Waals surface area contributed by atoms with E-state index >= 15 is 0 Å². The van der Waals surface area contributed by atoms with E-state index in [0.717, 1.165) is 17.7 Å². The average molecular weight is 543 g/mol. The zero-order valence-corrected chi connectivity index (χ0v) is 21.4. The normalized spacial score (nSPS) is 20.7. The fourth-order valence-electron chi connectivity index (χ4n) is 5.38. The molecule has 1 N–H and O–H groups in total. The summed E-state index contributed by atoms with van der Waals surface area (Å²) in [6, 6.07) is 11.6. The molecule has 0 spiro atoms. The molecule has 1 fully saturated rings. The summed E-state index contributed by atoms with van der Waals surface area (Å²) in [6.45, 7) is 3.74. The molecule has 11 heteroatoms. The number of benzene rings is 2. The van der Waals surface area contributed by atoms with Crippen molar-refractivity contribution >= 4 is 17.8 Å². The summed E-state index contributed by atoms with van der Waals surface area (Å²) in [4.78, 5) is 45.5. The maximum atomic E-state index is 14.1. The Bertz CT molecular complexity index is 1270. The Morgan fingerprint density at radius 1 is 1.05 bits per heavy atom. The highest BCUT2D eigenvalue weighted by molar-refractivity contribution is 6.03. The molecule has 0 aliphatic carbocycles. The number of rotatable bonds is 6. The van der Waals surface area contributed by atoms with Crippen LogP contribution in [0.3, 0.4) is 0 Å². The Balaban J connectivity index is 1.50. The highest BCUT2D eigenvalue weighted by Gasteiger charge is 2.47. The minimum atomic E-state index is -4.51. The molecule has 3 aliphatic rings. The zero-order valence-electron chi connectivity index (χ0n) is 21.4. The molecule has 206 valence electrons. The molecule has 2 aromatic carbocycles. The van der Waals surface area contributed by atoms with Crippen LogP contribution < -0.4 is 5.32 Å². The molecule has 3 heterocycles. The number of hydrogen-bond acceptors (Lipinski definition) is 4. The molecule has 1 saturated heterocycles. The Labute approximate surface area is 224 Å². The zero-order chi connectivity index (χ0) is 27.7. The van der Waals surface area contributed by atoms with Crippen molar-refractivity contribution in [3.05, 3.63) is 82.6 Å². The fourth-order valence-corrected chi connectivity index (χ4v) is 5.38. The van der Waals surface area contributed by atoms with Gasteiger partial charge in [-0.2, -0.15) is 13.2 Å². The SMILES string of the molecule is CCN1C(=O)N[C@@H](c2ccc(C(F)(F)F)cc2)C2=C1CN([C@@H](Cc1ccccc1)C(=O)N1CCOCC1)C2=O. The molecule has 39 heavy (non-hydrogen) atoms. The third kappa shape index (κ3) is 5.23. The molecule has 2 atom stereocenters. The second kappa shape index (κ2) is 10.7. The molecule has 0 aromatic heterocycles. The van der Waals surface area contributed by atoms with E-state index < -0.39 is 35.8 Å². The molecule has 0 radical (unpaired) electrons. The van der Waals surface area contributed by atoms with Gasteiger partial charge in [0.2, 0.25) is 5.91 Å². The first kappa shape index (κ1) is 26.7. The van der Waals surface area contributed by atoms with E-state index in [1.165, 1.54) is 21.9 Å². The van der Waals surface area contributed by atoms with Crippen molar-refractivity contribution in [1.29, 1.82) is 0 Å². The molecule has 4 amide bonds. The summed E-state index contributed by atoms with van der Waals surface area (Å²) < 4.78 is 44.9. The standard InChI is InChI=1S/C28H29F3N4O4/c1-2-34-22-17-35(21(16-18-6-4-3-5-7-18)25(36)33-12-14-39-15-13-33)26(37)23(22)24(32-27(34)38)19-8-10-20(11-9-19)28(29,30)31/h3-11,21,24H,2,12-17H2,1H3,(H,32,38)/t21-,24-/m0/s1. The number of alkyl halides is 3. The number of nitrogens with zero attached hydrogens (tertiary/aromatic N) is 3. The fraction of sp³-hybridized carbons (Fsp3) is 0.393. The highest BCUT2D eigenvalue weighted by Crippen LogP contribution is 2.38. The quantitative estimate of drug-likeness (QED) is 0.607. The average Bonchev–Trinajstić information content (AvgIpc) is 3.28. The number of carbonyl (C=O) groups excluding carboxylic acids is 3. The number of likely N-dealkylation sites (N-methyl/N-ethyl adjacent to an activating group) is 1. The third-order valence-corrected chi connectivity index (χ3v) is 7.39. The van der Waals surface area contributed by atoms with Crippen molar-refractivity contribution in [2.24, 2.45) is 0 Å². The Kier molecular flexibility index (Phi) is 7.35. The van der Waals surface area contributed by atoms with Gasteiger partial charge in [-0.05, 0) is 30.2 Å². The van der Waals surface area contributed by atoms with Crippen LogP contribution in [0.4, 0.5) is 18.0 Å². The van der Waals surface area contributed by atoms with Gasteiger partial charge in [-0.25, -0.2) is 4.79 Å². The van der Waals surface area contributed by atoms with Crippen LogP contribution in [-0.2, 0) is 26.9 Å². The molecule has 0 bridgehead atoms. The van der Waals surface area contributed by atoms with Gasteiger partial charge >= 0.3 is 12.2 Å². The summed E-state index contributed by atoms with van der Waals surface area (Å²) in [5.41, 5.74) is 1.14. The van der Waals surface area contributed by atoms with Crippen LogP contribution in [0.2, 0.25) is 0 Å². The smallest absolute Gasteiger partial charge is 0.378 e. The van der Waals surface area contributed by atoms with Gasteiger partial charge in [-0.15, -0.1) is 0 Å². The second-order valence-corrected chi connectivity index (χ2v) is 9.68. The van der Waals surface area contributed by atoms with Crippen LogP contribution in [0.1, 0.15) is 29.7 Å². The van der Waals surface area contributed by atoms with E-state index in [9.17, 15) is 27.6 Å². The number of ether oxygens (including phenoxy) is 1. The maximum Gasteiger partial charge on any atom is 0.416 e. The molecule has 8 nitrogen and oxygen atoms in total. The minimum absolute atomic E-state index is 0.0418. The van der Waals surface area contributed by atoms with Crippen LogP contribution in [0, 0.1) is 0 Å². The number of carbonyl (C=O) groups is 3. The van der Waals surface area contributed by atoms with Crippen molar-refractivity contribution in [3.63, 3.8) is 0 Å². The molecule has 0 unspecified atom stereocenters. The van der Waals surface area contributed by atoms with E-state index in [2.05, 4.69) is 5.32 Å². The number of halogens is 3. The molecule has 3 aliphatic heterocycles. The van der Waals surface area contributed by atoms with Crippen molar-refractivity contribution in [3.8, 4) is 0 Å². The lowest BCUT2D eigenvalue weighted by Gasteiger charge is -2.35. The van der Waals surface area contributed by atoms with Gasteiger partial charge in [-0.1, -0.05) is 42.5 Å². The maximum absolute atomic E-state index is 14.1. The first-order chi connectivity index (χ1) is 18.7. The predicted octanol–water partition coefficient (Wildman–Crippen LogP) is 3.36. The second-order valence-electron chi connectivity index (χ2n) is 9.68. The largest absolute Gasteiger partial charge is 0.416 e. The van der Waals surface area contributed by atoms with Crippen molar-refractivity contribution in [2.45, 2.75) is 31.6 Å².